The number of sulfonamides is 1. The summed E-state index contributed by atoms with van der Waals surface area (Å²) in [6.07, 6.45) is 1.87. The van der Waals surface area contributed by atoms with E-state index in [0.29, 0.717) is 32.8 Å². The molecule has 3 rings (SSSR count). The first-order valence-electron chi connectivity index (χ1n) is 9.65. The average Bonchev–Trinajstić information content (AvgIpc) is 2.74. The van der Waals surface area contributed by atoms with E-state index in [2.05, 4.69) is 0 Å². The van der Waals surface area contributed by atoms with Crippen LogP contribution in [0.15, 0.2) is 60.0 Å². The van der Waals surface area contributed by atoms with Gasteiger partial charge in [0.05, 0.1) is 13.0 Å². The number of benzene rings is 2. The number of nitrogens with zero attached hydrogens (tertiary/aromatic N) is 2. The van der Waals surface area contributed by atoms with Gasteiger partial charge in [0.2, 0.25) is 15.9 Å². The van der Waals surface area contributed by atoms with Crippen molar-refractivity contribution in [1.82, 2.24) is 9.21 Å². The van der Waals surface area contributed by atoms with E-state index < -0.39 is 10.0 Å². The van der Waals surface area contributed by atoms with E-state index in [1.807, 2.05) is 61.5 Å². The first-order valence-corrected chi connectivity index (χ1v) is 11.2. The molecule has 1 saturated heterocycles. The maximum atomic E-state index is 12.5. The van der Waals surface area contributed by atoms with Crippen molar-refractivity contribution < 1.29 is 17.9 Å². The molecule has 0 atom stereocenters. The van der Waals surface area contributed by atoms with Crippen LogP contribution in [0.3, 0.4) is 0 Å². The van der Waals surface area contributed by atoms with Gasteiger partial charge in [0, 0.05) is 31.6 Å². The lowest BCUT2D eigenvalue weighted by Crippen LogP contribution is -2.50. The van der Waals surface area contributed by atoms with E-state index in [-0.39, 0.29) is 12.3 Å². The minimum atomic E-state index is -3.50. The highest BCUT2D eigenvalue weighted by Gasteiger charge is 2.27. The van der Waals surface area contributed by atoms with E-state index in [0.717, 1.165) is 16.9 Å². The highest BCUT2D eigenvalue weighted by atomic mass is 32.2. The molecule has 0 radical (unpaired) electrons. The van der Waals surface area contributed by atoms with Gasteiger partial charge >= 0.3 is 0 Å². The number of hydrogen-bond acceptors (Lipinski definition) is 4. The Balaban J connectivity index is 1.46. The van der Waals surface area contributed by atoms with Gasteiger partial charge in [-0.3, -0.25) is 4.79 Å². The van der Waals surface area contributed by atoms with E-state index in [4.69, 9.17) is 4.74 Å². The van der Waals surface area contributed by atoms with Crippen LogP contribution in [0.2, 0.25) is 0 Å². The lowest BCUT2D eigenvalue weighted by molar-refractivity contribution is -0.132. The molecule has 1 fully saturated rings. The summed E-state index contributed by atoms with van der Waals surface area (Å²) in [6.45, 7) is 3.64. The van der Waals surface area contributed by atoms with E-state index >= 15 is 0 Å². The second-order valence-electron chi connectivity index (χ2n) is 6.90. The van der Waals surface area contributed by atoms with Crippen molar-refractivity contribution in [3.05, 3.63) is 71.1 Å². The van der Waals surface area contributed by atoms with Crippen molar-refractivity contribution in [3.63, 3.8) is 0 Å². The highest BCUT2D eigenvalue weighted by molar-refractivity contribution is 7.92. The number of piperazine rings is 1. The van der Waals surface area contributed by atoms with Crippen LogP contribution in [0, 0.1) is 6.92 Å². The Morgan fingerprint density at radius 3 is 2.34 bits per heavy atom. The number of aryl methyl sites for hydroxylation is 1. The number of hydrogen-bond donors (Lipinski definition) is 0. The van der Waals surface area contributed by atoms with Crippen molar-refractivity contribution in [1.29, 1.82) is 0 Å². The van der Waals surface area contributed by atoms with Crippen LogP contribution in [0.1, 0.15) is 17.5 Å². The maximum absolute atomic E-state index is 12.5. The predicted octanol–water partition coefficient (Wildman–Crippen LogP) is 2.91. The van der Waals surface area contributed by atoms with E-state index in [1.165, 1.54) is 9.71 Å². The van der Waals surface area contributed by atoms with E-state index in [1.54, 1.807) is 11.0 Å². The van der Waals surface area contributed by atoms with Crippen LogP contribution in [-0.4, -0.2) is 56.3 Å². The fourth-order valence-electron chi connectivity index (χ4n) is 3.13. The largest absolute Gasteiger partial charge is 0.493 e. The van der Waals surface area contributed by atoms with Crippen LogP contribution in [0.5, 0.6) is 5.75 Å². The number of ether oxygens (including phenoxy) is 1. The van der Waals surface area contributed by atoms with Crippen molar-refractivity contribution in [2.24, 2.45) is 0 Å². The minimum Gasteiger partial charge on any atom is -0.493 e. The van der Waals surface area contributed by atoms with Gasteiger partial charge in [0.1, 0.15) is 5.75 Å². The summed E-state index contributed by atoms with van der Waals surface area (Å²) >= 11 is 0. The molecule has 29 heavy (non-hydrogen) atoms. The van der Waals surface area contributed by atoms with E-state index in [9.17, 15) is 13.2 Å². The Morgan fingerprint density at radius 2 is 1.66 bits per heavy atom. The molecule has 0 N–H and O–H groups in total. The first-order chi connectivity index (χ1) is 14.0. The Labute approximate surface area is 172 Å². The smallest absolute Gasteiger partial charge is 0.236 e. The summed E-state index contributed by atoms with van der Waals surface area (Å²) in [4.78, 5) is 14.1. The van der Waals surface area contributed by atoms with Gasteiger partial charge in [-0.2, -0.15) is 4.31 Å². The van der Waals surface area contributed by atoms with Crippen molar-refractivity contribution in [2.45, 2.75) is 13.3 Å². The van der Waals surface area contributed by atoms with Gasteiger partial charge in [0.25, 0.3) is 0 Å². The molecular weight excluding hydrogens is 388 g/mol. The average molecular weight is 415 g/mol. The third kappa shape index (κ3) is 5.92. The Kier molecular flexibility index (Phi) is 7.06. The molecule has 1 heterocycles. The van der Waals surface area contributed by atoms with Crippen LogP contribution in [-0.2, 0) is 14.8 Å². The summed E-state index contributed by atoms with van der Waals surface area (Å²) in [7, 11) is -3.50. The van der Waals surface area contributed by atoms with Crippen LogP contribution < -0.4 is 4.74 Å². The van der Waals surface area contributed by atoms with Gasteiger partial charge < -0.3 is 9.64 Å². The molecular formula is C22H26N2O4S. The normalized spacial score (nSPS) is 15.6. The molecule has 7 heteroatoms. The number of amides is 1. The van der Waals surface area contributed by atoms with Crippen molar-refractivity contribution in [2.75, 3.05) is 32.8 Å². The highest BCUT2D eigenvalue weighted by Crippen LogP contribution is 2.17. The van der Waals surface area contributed by atoms with Crippen LogP contribution in [0.4, 0.5) is 0 Å². The zero-order chi connectivity index (χ0) is 20.7. The van der Waals surface area contributed by atoms with Crippen LogP contribution in [0.25, 0.3) is 6.08 Å². The number of rotatable bonds is 7. The maximum Gasteiger partial charge on any atom is 0.236 e. The van der Waals surface area contributed by atoms with Gasteiger partial charge in [-0.05, 0) is 30.2 Å². The predicted molar refractivity (Wildman–Crippen MR) is 114 cm³/mol. The molecule has 0 aromatic heterocycles. The second kappa shape index (κ2) is 9.71. The van der Waals surface area contributed by atoms with Crippen molar-refractivity contribution >= 4 is 22.0 Å². The number of para-hydroxylation sites is 1. The first kappa shape index (κ1) is 21.1. The van der Waals surface area contributed by atoms with Crippen LogP contribution >= 0.6 is 0 Å². The molecule has 0 spiro atoms. The number of carbonyl (C=O) groups is 1. The second-order valence-corrected chi connectivity index (χ2v) is 8.72. The quantitative estimate of drug-likeness (QED) is 0.699. The third-order valence-electron chi connectivity index (χ3n) is 4.85. The fraction of sp³-hybridized carbons (Fsp3) is 0.318. The standard InChI is InChI=1S/C22H26N2O4S/c1-19-7-5-6-10-21(19)28-17-11-22(25)23-13-15-24(16-14-23)29(26,27)18-12-20-8-3-2-4-9-20/h2-10,12,18H,11,13-17H2,1H3. The SMILES string of the molecule is Cc1ccccc1OCCC(=O)N1CCN(S(=O)(=O)C=Cc2ccccc2)CC1. The van der Waals surface area contributed by atoms with Gasteiger partial charge in [0.15, 0.2) is 0 Å². The van der Waals surface area contributed by atoms with Gasteiger partial charge in [-0.1, -0.05) is 48.5 Å². The molecule has 1 amide bonds. The molecule has 0 aliphatic carbocycles. The third-order valence-corrected chi connectivity index (χ3v) is 6.42. The molecule has 1 aliphatic heterocycles. The lowest BCUT2D eigenvalue weighted by atomic mass is 10.2. The summed E-state index contributed by atoms with van der Waals surface area (Å²) in [5.41, 5.74) is 1.86. The molecule has 0 unspecified atom stereocenters. The monoisotopic (exact) mass is 414 g/mol. The molecule has 2 aromatic rings. The molecule has 6 nitrogen and oxygen atoms in total. The summed E-state index contributed by atoms with van der Waals surface area (Å²) in [5, 5.41) is 1.23. The zero-order valence-corrected chi connectivity index (χ0v) is 17.3. The van der Waals surface area contributed by atoms with Gasteiger partial charge in [-0.15, -0.1) is 0 Å². The molecule has 1 aliphatic rings. The van der Waals surface area contributed by atoms with Crippen molar-refractivity contribution in [3.8, 4) is 5.75 Å². The molecule has 0 saturated carbocycles. The Hall–Kier alpha value is -2.64. The Morgan fingerprint density at radius 1 is 1.00 bits per heavy atom. The summed E-state index contributed by atoms with van der Waals surface area (Å²) in [5.74, 6) is 0.761. The molecule has 154 valence electrons. The lowest BCUT2D eigenvalue weighted by Gasteiger charge is -2.33. The number of carbonyl (C=O) groups excluding carboxylic acids is 1. The summed E-state index contributed by atoms with van der Waals surface area (Å²) < 4.78 is 32.1. The zero-order valence-electron chi connectivity index (χ0n) is 16.5. The molecule has 0 bridgehead atoms. The topological polar surface area (TPSA) is 66.9 Å². The summed E-state index contributed by atoms with van der Waals surface area (Å²) in [6, 6.07) is 17.0. The molecule has 2 aromatic carbocycles. The fourth-order valence-corrected chi connectivity index (χ4v) is 4.31. The minimum absolute atomic E-state index is 0.0181. The van der Waals surface area contributed by atoms with Gasteiger partial charge in [-0.25, -0.2) is 8.42 Å². The Bertz CT molecular complexity index is 950.